The van der Waals surface area contributed by atoms with Crippen molar-refractivity contribution in [1.29, 1.82) is 5.26 Å². The summed E-state index contributed by atoms with van der Waals surface area (Å²) in [5, 5.41) is 13.6. The van der Waals surface area contributed by atoms with E-state index in [1.807, 2.05) is 37.3 Å². The summed E-state index contributed by atoms with van der Waals surface area (Å²) in [7, 11) is 0. The van der Waals surface area contributed by atoms with Gasteiger partial charge in [-0.25, -0.2) is 4.79 Å². The Labute approximate surface area is 176 Å². The smallest absolute Gasteiger partial charge is 0.338 e. The second-order valence-electron chi connectivity index (χ2n) is 8.63. The van der Waals surface area contributed by atoms with Crippen molar-refractivity contribution in [2.45, 2.75) is 51.0 Å². The van der Waals surface area contributed by atoms with Crippen LogP contribution < -0.4 is 5.43 Å². The van der Waals surface area contributed by atoms with Crippen LogP contribution in [0.1, 0.15) is 69.8 Å². The van der Waals surface area contributed by atoms with Gasteiger partial charge in [-0.05, 0) is 73.9 Å². The Hall–Kier alpha value is -3.13. The van der Waals surface area contributed by atoms with Gasteiger partial charge >= 0.3 is 5.97 Å². The van der Waals surface area contributed by atoms with E-state index in [4.69, 9.17) is 4.74 Å². The van der Waals surface area contributed by atoms with Gasteiger partial charge in [0.05, 0.1) is 22.9 Å². The molecule has 0 aromatic heterocycles. The lowest BCUT2D eigenvalue weighted by molar-refractivity contribution is 0.0279. The van der Waals surface area contributed by atoms with Crippen LogP contribution in [0.15, 0.2) is 41.5 Å². The summed E-state index contributed by atoms with van der Waals surface area (Å²) in [6.45, 7) is 2.87. The number of ether oxygens (including phenoxy) is 1. The molecule has 3 atom stereocenters. The number of hydrogen-bond acceptors (Lipinski definition) is 5. The van der Waals surface area contributed by atoms with Gasteiger partial charge in [0.15, 0.2) is 0 Å². The maximum atomic E-state index is 13.0. The summed E-state index contributed by atoms with van der Waals surface area (Å²) in [5.74, 6) is 0.441. The van der Waals surface area contributed by atoms with E-state index in [9.17, 15) is 10.1 Å². The average molecular weight is 399 g/mol. The topological polar surface area (TPSA) is 74.5 Å². The van der Waals surface area contributed by atoms with E-state index in [0.29, 0.717) is 17.0 Å². The van der Waals surface area contributed by atoms with Crippen LogP contribution in [0, 0.1) is 24.2 Å². The number of benzene rings is 2. The van der Waals surface area contributed by atoms with E-state index in [0.717, 1.165) is 55.5 Å². The summed E-state index contributed by atoms with van der Waals surface area (Å²) in [5.41, 5.74) is 10.0. The van der Waals surface area contributed by atoms with Gasteiger partial charge in [-0.1, -0.05) is 18.2 Å². The molecule has 1 heterocycles. The first kappa shape index (κ1) is 18.9. The molecule has 1 fully saturated rings. The van der Waals surface area contributed by atoms with Crippen LogP contribution in [0.4, 0.5) is 0 Å². The summed E-state index contributed by atoms with van der Waals surface area (Å²) in [6.07, 6.45) is 4.85. The third kappa shape index (κ3) is 3.27. The van der Waals surface area contributed by atoms with Crippen molar-refractivity contribution >= 4 is 11.7 Å². The number of nitrogens with one attached hydrogen (secondary N) is 1. The fourth-order valence-electron chi connectivity index (χ4n) is 5.15. The molecule has 0 bridgehead atoms. The second kappa shape index (κ2) is 7.60. The highest BCUT2D eigenvalue weighted by Gasteiger charge is 2.33. The Bertz CT molecular complexity index is 1080. The lowest BCUT2D eigenvalue weighted by atomic mass is 9.82. The van der Waals surface area contributed by atoms with Crippen molar-refractivity contribution in [3.05, 3.63) is 69.8 Å². The third-order valence-electron chi connectivity index (χ3n) is 6.81. The molecule has 1 aliphatic heterocycles. The number of rotatable bonds is 3. The molecule has 5 heteroatoms. The molecule has 2 aromatic rings. The maximum Gasteiger partial charge on any atom is 0.338 e. The monoisotopic (exact) mass is 399 g/mol. The van der Waals surface area contributed by atoms with Crippen LogP contribution >= 0.6 is 0 Å². The fraction of sp³-hybridized carbons (Fsp3) is 0.400. The van der Waals surface area contributed by atoms with E-state index < -0.39 is 0 Å². The molecule has 5 rings (SSSR count). The van der Waals surface area contributed by atoms with Crippen molar-refractivity contribution in [3.63, 3.8) is 0 Å². The Balaban J connectivity index is 1.34. The third-order valence-corrected chi connectivity index (χ3v) is 6.81. The molecule has 1 N–H and O–H groups in total. The molecule has 0 radical (unpaired) electrons. The van der Waals surface area contributed by atoms with Crippen LogP contribution in [0.2, 0.25) is 0 Å². The van der Waals surface area contributed by atoms with E-state index >= 15 is 0 Å². The Morgan fingerprint density at radius 2 is 2.10 bits per heavy atom. The molecule has 2 aromatic carbocycles. The summed E-state index contributed by atoms with van der Waals surface area (Å²) in [4.78, 5) is 13.0. The number of esters is 1. The minimum atomic E-state index is -0.242. The highest BCUT2D eigenvalue weighted by molar-refractivity contribution is 6.06. The standard InChI is InChI=1S/C25H25N3O2/c1-15-11-16(5-7-19(15)13-26)21-3-2-4-23(21)30-25(29)18-9-10-22-17(12-18)6-8-20-14-27-28-24(20)22/h5,7,9-12,20-21,23,27H,2-4,6,8,14H2,1H3. The number of hydrazone groups is 1. The van der Waals surface area contributed by atoms with Crippen LogP contribution in [-0.4, -0.2) is 24.3 Å². The molecule has 0 saturated heterocycles. The quantitative estimate of drug-likeness (QED) is 0.784. The molecular formula is C25H25N3O2. The highest BCUT2D eigenvalue weighted by atomic mass is 16.5. The van der Waals surface area contributed by atoms with Gasteiger partial charge in [0, 0.05) is 23.9 Å². The van der Waals surface area contributed by atoms with Gasteiger partial charge in [0.25, 0.3) is 0 Å². The number of hydrogen-bond donors (Lipinski definition) is 1. The Morgan fingerprint density at radius 1 is 1.20 bits per heavy atom. The average Bonchev–Trinajstić information content (AvgIpc) is 3.42. The maximum absolute atomic E-state index is 13.0. The SMILES string of the molecule is Cc1cc(C2CCCC2OC(=O)c2ccc3c(c2)CCC2CNN=C32)ccc1C#N. The largest absolute Gasteiger partial charge is 0.458 e. The summed E-state index contributed by atoms with van der Waals surface area (Å²) in [6, 6.07) is 14.1. The van der Waals surface area contributed by atoms with Crippen LogP contribution in [-0.2, 0) is 11.2 Å². The van der Waals surface area contributed by atoms with E-state index in [1.54, 1.807) is 0 Å². The van der Waals surface area contributed by atoms with Crippen molar-refractivity contribution in [2.75, 3.05) is 6.54 Å². The zero-order chi connectivity index (χ0) is 20.7. The second-order valence-corrected chi connectivity index (χ2v) is 8.63. The van der Waals surface area contributed by atoms with Gasteiger partial charge in [-0.15, -0.1) is 0 Å². The zero-order valence-electron chi connectivity index (χ0n) is 17.1. The lowest BCUT2D eigenvalue weighted by Gasteiger charge is -2.23. The molecule has 152 valence electrons. The number of nitrogens with zero attached hydrogens (tertiary/aromatic N) is 2. The van der Waals surface area contributed by atoms with E-state index in [-0.39, 0.29) is 18.0 Å². The number of nitriles is 1. The minimum absolute atomic E-state index is 0.117. The van der Waals surface area contributed by atoms with Crippen molar-refractivity contribution in [1.82, 2.24) is 5.43 Å². The van der Waals surface area contributed by atoms with E-state index in [1.165, 1.54) is 11.1 Å². The first-order chi connectivity index (χ1) is 14.6. The Morgan fingerprint density at radius 3 is 2.93 bits per heavy atom. The highest BCUT2D eigenvalue weighted by Crippen LogP contribution is 2.38. The first-order valence-corrected chi connectivity index (χ1v) is 10.8. The molecule has 2 aliphatic carbocycles. The molecule has 30 heavy (non-hydrogen) atoms. The van der Waals surface area contributed by atoms with Gasteiger partial charge in [-0.2, -0.15) is 10.4 Å². The molecule has 1 saturated carbocycles. The fourth-order valence-corrected chi connectivity index (χ4v) is 5.15. The van der Waals surface area contributed by atoms with Gasteiger partial charge in [-0.3, -0.25) is 0 Å². The number of carbonyl (C=O) groups is 1. The van der Waals surface area contributed by atoms with Crippen LogP contribution in [0.5, 0.6) is 0 Å². The first-order valence-electron chi connectivity index (χ1n) is 10.8. The molecule has 0 spiro atoms. The lowest BCUT2D eigenvalue weighted by Crippen LogP contribution is -2.24. The predicted molar refractivity (Wildman–Crippen MR) is 114 cm³/mol. The molecule has 5 nitrogen and oxygen atoms in total. The van der Waals surface area contributed by atoms with Crippen LogP contribution in [0.25, 0.3) is 0 Å². The summed E-state index contributed by atoms with van der Waals surface area (Å²) < 4.78 is 5.99. The number of fused-ring (bicyclic) bond motifs is 3. The number of carbonyl (C=O) groups excluding carboxylic acids is 1. The van der Waals surface area contributed by atoms with Crippen molar-refractivity contribution in [2.24, 2.45) is 11.0 Å². The normalized spacial score (nSPS) is 24.3. The minimum Gasteiger partial charge on any atom is -0.458 e. The zero-order valence-corrected chi connectivity index (χ0v) is 17.1. The molecule has 3 unspecified atom stereocenters. The van der Waals surface area contributed by atoms with Gasteiger partial charge < -0.3 is 10.2 Å². The number of aryl methyl sites for hydroxylation is 2. The molecular weight excluding hydrogens is 374 g/mol. The molecule has 3 aliphatic rings. The summed E-state index contributed by atoms with van der Waals surface area (Å²) >= 11 is 0. The Kier molecular flexibility index (Phi) is 4.78. The van der Waals surface area contributed by atoms with Crippen molar-refractivity contribution < 1.29 is 9.53 Å². The van der Waals surface area contributed by atoms with Crippen molar-refractivity contribution in [3.8, 4) is 6.07 Å². The predicted octanol–water partition coefficient (Wildman–Crippen LogP) is 4.23. The van der Waals surface area contributed by atoms with E-state index in [2.05, 4.69) is 22.7 Å². The van der Waals surface area contributed by atoms with Crippen LogP contribution in [0.3, 0.4) is 0 Å². The molecule has 0 amide bonds. The van der Waals surface area contributed by atoms with Gasteiger partial charge in [0.2, 0.25) is 0 Å². The van der Waals surface area contributed by atoms with Gasteiger partial charge in [0.1, 0.15) is 6.10 Å².